The Morgan fingerprint density at radius 2 is 1.91 bits per heavy atom. The first-order valence-corrected chi connectivity index (χ1v) is 12.4. The van der Waals surface area contributed by atoms with E-state index in [2.05, 4.69) is 70.8 Å². The second-order valence-corrected chi connectivity index (χ2v) is 10.1. The number of rotatable bonds is 7. The van der Waals surface area contributed by atoms with Crippen LogP contribution in [-0.2, 0) is 6.54 Å². The van der Waals surface area contributed by atoms with Crippen LogP contribution in [-0.4, -0.2) is 87.5 Å². The topological polar surface area (TPSA) is 58.6 Å². The van der Waals surface area contributed by atoms with Crippen LogP contribution in [0.3, 0.4) is 0 Å². The molecule has 0 aliphatic carbocycles. The van der Waals surface area contributed by atoms with Crippen LogP contribution in [0.15, 0.2) is 24.4 Å². The summed E-state index contributed by atoms with van der Waals surface area (Å²) in [5.41, 5.74) is 6.21. The number of benzene rings is 1. The monoisotopic (exact) mass is 439 g/mol. The van der Waals surface area contributed by atoms with Crippen molar-refractivity contribution in [2.24, 2.45) is 0 Å². The number of H-pyrrole nitrogens is 1. The van der Waals surface area contributed by atoms with Crippen molar-refractivity contribution in [3.05, 3.63) is 41.1 Å². The predicted molar refractivity (Wildman–Crippen MR) is 131 cm³/mol. The van der Waals surface area contributed by atoms with Crippen molar-refractivity contribution < 1.29 is 5.11 Å². The van der Waals surface area contributed by atoms with Gasteiger partial charge in [0.25, 0.3) is 0 Å². The lowest BCUT2D eigenvalue weighted by atomic mass is 9.96. The number of nitrogens with zero attached hydrogens (tertiary/aromatic N) is 4. The van der Waals surface area contributed by atoms with Crippen molar-refractivity contribution in [3.8, 4) is 11.3 Å². The number of hydrogen-bond acceptors (Lipinski definition) is 5. The minimum absolute atomic E-state index is 0.263. The Bertz CT molecular complexity index is 871. The summed E-state index contributed by atoms with van der Waals surface area (Å²) in [6, 6.07) is 8.34. The molecule has 2 aliphatic heterocycles. The Morgan fingerprint density at radius 3 is 2.62 bits per heavy atom. The van der Waals surface area contributed by atoms with E-state index >= 15 is 0 Å². The van der Waals surface area contributed by atoms with Gasteiger partial charge in [0, 0.05) is 62.0 Å². The Labute approximate surface area is 193 Å². The SMILES string of the molecule is Cc1ccc(C)c(-c2[nH]ncc2CN2CCN(C3CCN(C(C)C)CC3)[C@H](CCO)C2)c1. The number of likely N-dealkylation sites (tertiary alicyclic amines) is 1. The number of nitrogens with one attached hydrogen (secondary N) is 1. The number of aromatic amines is 1. The molecule has 1 aromatic heterocycles. The zero-order valence-electron chi connectivity index (χ0n) is 20.3. The molecule has 2 aliphatic rings. The van der Waals surface area contributed by atoms with E-state index in [0.717, 1.165) is 38.3 Å². The molecule has 176 valence electrons. The summed E-state index contributed by atoms with van der Waals surface area (Å²) in [7, 11) is 0. The van der Waals surface area contributed by atoms with E-state index in [0.29, 0.717) is 18.1 Å². The molecule has 0 bridgehead atoms. The number of aliphatic hydroxyl groups excluding tert-OH is 1. The molecule has 2 N–H and O–H groups in total. The van der Waals surface area contributed by atoms with E-state index in [1.54, 1.807) is 0 Å². The van der Waals surface area contributed by atoms with Crippen LogP contribution < -0.4 is 0 Å². The minimum atomic E-state index is 0.263. The summed E-state index contributed by atoms with van der Waals surface area (Å²) in [5.74, 6) is 0. The number of aliphatic hydroxyl groups is 1. The van der Waals surface area contributed by atoms with Gasteiger partial charge in [-0.25, -0.2) is 0 Å². The summed E-state index contributed by atoms with van der Waals surface area (Å²) in [6.07, 6.45) is 5.35. The first-order chi connectivity index (χ1) is 15.5. The Kier molecular flexibility index (Phi) is 7.66. The van der Waals surface area contributed by atoms with Crippen LogP contribution in [0.25, 0.3) is 11.3 Å². The van der Waals surface area contributed by atoms with Crippen LogP contribution in [0, 0.1) is 13.8 Å². The third-order valence-electron chi connectivity index (χ3n) is 7.55. The summed E-state index contributed by atoms with van der Waals surface area (Å²) in [5, 5.41) is 17.4. The van der Waals surface area contributed by atoms with Crippen LogP contribution in [0.4, 0.5) is 0 Å². The molecule has 32 heavy (non-hydrogen) atoms. The summed E-state index contributed by atoms with van der Waals surface area (Å²) >= 11 is 0. The molecule has 1 atom stereocenters. The molecule has 0 unspecified atom stereocenters. The first-order valence-electron chi connectivity index (χ1n) is 12.4. The van der Waals surface area contributed by atoms with E-state index in [-0.39, 0.29) is 6.61 Å². The lowest BCUT2D eigenvalue weighted by Crippen LogP contribution is -2.58. The number of aromatic nitrogens is 2. The predicted octanol–water partition coefficient (Wildman–Crippen LogP) is 3.43. The molecule has 6 heteroatoms. The van der Waals surface area contributed by atoms with E-state index in [1.807, 2.05) is 6.20 Å². The third-order valence-corrected chi connectivity index (χ3v) is 7.55. The molecule has 0 spiro atoms. The fraction of sp³-hybridized carbons (Fsp3) is 0.654. The molecule has 2 fully saturated rings. The molecule has 0 amide bonds. The standard InChI is InChI=1S/C26H41N5O/c1-19(2)30-10-7-23(8-11-30)31-13-12-29(18-24(31)9-14-32)17-22-16-27-28-26(22)25-15-20(3)5-6-21(25)4/h5-6,15-16,19,23-24,32H,7-14,17-18H2,1-4H3,(H,27,28)/t24-/m1/s1. The van der Waals surface area contributed by atoms with Crippen LogP contribution in [0.2, 0.25) is 0 Å². The molecule has 2 saturated heterocycles. The van der Waals surface area contributed by atoms with Crippen molar-refractivity contribution in [2.45, 2.75) is 71.6 Å². The average Bonchev–Trinajstić information content (AvgIpc) is 3.24. The number of piperazine rings is 1. The van der Waals surface area contributed by atoms with Gasteiger partial charge in [-0.1, -0.05) is 17.7 Å². The Balaban J connectivity index is 1.42. The quantitative estimate of drug-likeness (QED) is 0.692. The van der Waals surface area contributed by atoms with Crippen molar-refractivity contribution in [2.75, 3.05) is 39.3 Å². The highest BCUT2D eigenvalue weighted by atomic mass is 16.3. The van der Waals surface area contributed by atoms with Gasteiger partial charge < -0.3 is 10.0 Å². The fourth-order valence-electron chi connectivity index (χ4n) is 5.61. The molecule has 3 heterocycles. The number of aryl methyl sites for hydroxylation is 2. The Morgan fingerprint density at radius 1 is 1.12 bits per heavy atom. The van der Waals surface area contributed by atoms with Gasteiger partial charge in [-0.05, 0) is 71.7 Å². The molecular weight excluding hydrogens is 398 g/mol. The van der Waals surface area contributed by atoms with E-state index in [4.69, 9.17) is 0 Å². The van der Waals surface area contributed by atoms with Crippen molar-refractivity contribution in [3.63, 3.8) is 0 Å². The van der Waals surface area contributed by atoms with Gasteiger partial charge in [0.15, 0.2) is 0 Å². The van der Waals surface area contributed by atoms with Gasteiger partial charge in [0.1, 0.15) is 0 Å². The summed E-state index contributed by atoms with van der Waals surface area (Å²) < 4.78 is 0. The van der Waals surface area contributed by atoms with E-state index in [1.165, 1.54) is 48.2 Å². The first kappa shape index (κ1) is 23.4. The van der Waals surface area contributed by atoms with E-state index < -0.39 is 0 Å². The maximum absolute atomic E-state index is 9.77. The van der Waals surface area contributed by atoms with Crippen molar-refractivity contribution in [1.82, 2.24) is 24.9 Å². The molecule has 2 aromatic rings. The third kappa shape index (κ3) is 5.25. The van der Waals surface area contributed by atoms with Gasteiger partial charge in [-0.2, -0.15) is 5.10 Å². The Hall–Kier alpha value is -1.73. The molecule has 1 aromatic carbocycles. The maximum Gasteiger partial charge on any atom is 0.0698 e. The average molecular weight is 440 g/mol. The lowest BCUT2D eigenvalue weighted by Gasteiger charge is -2.48. The number of hydrogen-bond donors (Lipinski definition) is 2. The number of piperidine rings is 1. The van der Waals surface area contributed by atoms with Crippen LogP contribution >= 0.6 is 0 Å². The molecular formula is C26H41N5O. The minimum Gasteiger partial charge on any atom is -0.396 e. The van der Waals surface area contributed by atoms with Gasteiger partial charge in [0.05, 0.1) is 11.9 Å². The molecule has 4 rings (SSSR count). The molecule has 6 nitrogen and oxygen atoms in total. The van der Waals surface area contributed by atoms with Gasteiger partial charge >= 0.3 is 0 Å². The largest absolute Gasteiger partial charge is 0.396 e. The van der Waals surface area contributed by atoms with Gasteiger partial charge in [0.2, 0.25) is 0 Å². The van der Waals surface area contributed by atoms with Crippen molar-refractivity contribution >= 4 is 0 Å². The van der Waals surface area contributed by atoms with Gasteiger partial charge in [-0.15, -0.1) is 0 Å². The highest BCUT2D eigenvalue weighted by Gasteiger charge is 2.34. The second kappa shape index (κ2) is 10.5. The van der Waals surface area contributed by atoms with E-state index in [9.17, 15) is 5.11 Å². The normalized spacial score (nSPS) is 22.1. The van der Waals surface area contributed by atoms with Crippen LogP contribution in [0.5, 0.6) is 0 Å². The molecule has 0 radical (unpaired) electrons. The maximum atomic E-state index is 9.77. The highest BCUT2D eigenvalue weighted by molar-refractivity contribution is 5.67. The lowest BCUT2D eigenvalue weighted by molar-refractivity contribution is 0.00000944. The van der Waals surface area contributed by atoms with Crippen molar-refractivity contribution in [1.29, 1.82) is 0 Å². The van der Waals surface area contributed by atoms with Crippen LogP contribution in [0.1, 0.15) is 49.8 Å². The molecule has 0 saturated carbocycles. The highest BCUT2D eigenvalue weighted by Crippen LogP contribution is 2.29. The summed E-state index contributed by atoms with van der Waals surface area (Å²) in [6.45, 7) is 15.7. The summed E-state index contributed by atoms with van der Waals surface area (Å²) in [4.78, 5) is 7.87. The fourth-order valence-corrected chi connectivity index (χ4v) is 5.61. The van der Waals surface area contributed by atoms with Gasteiger partial charge in [-0.3, -0.25) is 14.9 Å². The second-order valence-electron chi connectivity index (χ2n) is 10.1. The smallest absolute Gasteiger partial charge is 0.0698 e. The zero-order chi connectivity index (χ0) is 22.7. The zero-order valence-corrected chi connectivity index (χ0v) is 20.3.